The third-order valence-corrected chi connectivity index (χ3v) is 2.62. The van der Waals surface area contributed by atoms with Crippen molar-refractivity contribution in [2.45, 2.75) is 26.7 Å². The molecular formula is C14H19NO3. The third kappa shape index (κ3) is 4.57. The van der Waals surface area contributed by atoms with Crippen LogP contribution in [0.4, 0.5) is 0 Å². The van der Waals surface area contributed by atoms with Crippen LogP contribution in [0.2, 0.25) is 0 Å². The fraction of sp³-hybridized carbons (Fsp3) is 0.429. The van der Waals surface area contributed by atoms with Crippen molar-refractivity contribution in [1.29, 1.82) is 0 Å². The van der Waals surface area contributed by atoms with Crippen LogP contribution in [0, 0.1) is 5.92 Å². The Morgan fingerprint density at radius 2 is 1.94 bits per heavy atom. The van der Waals surface area contributed by atoms with Crippen molar-refractivity contribution in [2.75, 3.05) is 6.54 Å². The molecule has 0 aliphatic heterocycles. The van der Waals surface area contributed by atoms with E-state index in [9.17, 15) is 9.59 Å². The molecule has 0 radical (unpaired) electrons. The molecule has 98 valence electrons. The van der Waals surface area contributed by atoms with Crippen LogP contribution in [0.15, 0.2) is 24.3 Å². The first kappa shape index (κ1) is 14.2. The molecule has 1 amide bonds. The Bertz CT molecular complexity index is 427. The molecule has 0 spiro atoms. The maximum Gasteiger partial charge on any atom is 0.335 e. The van der Waals surface area contributed by atoms with Crippen molar-refractivity contribution in [2.24, 2.45) is 5.92 Å². The summed E-state index contributed by atoms with van der Waals surface area (Å²) in [6, 6.07) is 6.05. The zero-order chi connectivity index (χ0) is 13.5. The van der Waals surface area contributed by atoms with Crippen LogP contribution in [0.1, 0.15) is 47.4 Å². The summed E-state index contributed by atoms with van der Waals surface area (Å²) >= 11 is 0. The molecule has 18 heavy (non-hydrogen) atoms. The number of carbonyl (C=O) groups excluding carboxylic acids is 1. The van der Waals surface area contributed by atoms with E-state index in [1.54, 1.807) is 12.1 Å². The number of amides is 1. The average Bonchev–Trinajstić information content (AvgIpc) is 2.34. The van der Waals surface area contributed by atoms with Gasteiger partial charge in [-0.15, -0.1) is 0 Å². The first-order valence-electron chi connectivity index (χ1n) is 6.12. The molecule has 0 heterocycles. The number of aromatic carboxylic acids is 1. The SMILES string of the molecule is CC(C)CCCNC(=O)c1cccc(C(=O)O)c1. The Kier molecular flexibility index (Phi) is 5.36. The van der Waals surface area contributed by atoms with E-state index in [2.05, 4.69) is 19.2 Å². The molecule has 4 nitrogen and oxygen atoms in total. The van der Waals surface area contributed by atoms with E-state index in [4.69, 9.17) is 5.11 Å². The van der Waals surface area contributed by atoms with Gasteiger partial charge in [-0.1, -0.05) is 19.9 Å². The van der Waals surface area contributed by atoms with Gasteiger partial charge in [0.05, 0.1) is 5.56 Å². The Labute approximate surface area is 107 Å². The summed E-state index contributed by atoms with van der Waals surface area (Å²) in [7, 11) is 0. The van der Waals surface area contributed by atoms with Gasteiger partial charge in [0.1, 0.15) is 0 Å². The quantitative estimate of drug-likeness (QED) is 0.761. The molecule has 0 aliphatic rings. The van der Waals surface area contributed by atoms with E-state index in [0.29, 0.717) is 18.0 Å². The van der Waals surface area contributed by atoms with Crippen LogP contribution < -0.4 is 5.32 Å². The lowest BCUT2D eigenvalue weighted by molar-refractivity contribution is 0.0697. The van der Waals surface area contributed by atoms with Crippen LogP contribution in [-0.2, 0) is 0 Å². The highest BCUT2D eigenvalue weighted by Gasteiger charge is 2.08. The number of rotatable bonds is 6. The summed E-state index contributed by atoms with van der Waals surface area (Å²) in [4.78, 5) is 22.5. The van der Waals surface area contributed by atoms with Crippen LogP contribution in [0.5, 0.6) is 0 Å². The highest BCUT2D eigenvalue weighted by atomic mass is 16.4. The second-order valence-corrected chi connectivity index (χ2v) is 4.68. The predicted octanol–water partition coefficient (Wildman–Crippen LogP) is 2.55. The van der Waals surface area contributed by atoms with Gasteiger partial charge in [-0.3, -0.25) is 4.79 Å². The van der Waals surface area contributed by atoms with E-state index in [1.807, 2.05) is 0 Å². The first-order chi connectivity index (χ1) is 8.50. The van der Waals surface area contributed by atoms with Crippen LogP contribution in [0.25, 0.3) is 0 Å². The van der Waals surface area contributed by atoms with E-state index < -0.39 is 5.97 Å². The normalized spacial score (nSPS) is 10.4. The van der Waals surface area contributed by atoms with Crippen LogP contribution in [0.3, 0.4) is 0 Å². The minimum absolute atomic E-state index is 0.129. The highest BCUT2D eigenvalue weighted by Crippen LogP contribution is 2.06. The number of carboxylic acids is 1. The smallest absolute Gasteiger partial charge is 0.335 e. The van der Waals surface area contributed by atoms with Gasteiger partial charge in [-0.25, -0.2) is 4.79 Å². The zero-order valence-corrected chi connectivity index (χ0v) is 10.8. The second kappa shape index (κ2) is 6.79. The highest BCUT2D eigenvalue weighted by molar-refractivity contribution is 5.97. The Hall–Kier alpha value is -1.84. The Morgan fingerprint density at radius 1 is 1.28 bits per heavy atom. The minimum atomic E-state index is -1.02. The summed E-state index contributed by atoms with van der Waals surface area (Å²) in [6.45, 7) is 4.89. The molecule has 0 saturated carbocycles. The molecule has 0 saturated heterocycles. The van der Waals surface area contributed by atoms with Crippen molar-refractivity contribution in [3.05, 3.63) is 35.4 Å². The van der Waals surface area contributed by atoms with Gasteiger partial charge in [0.2, 0.25) is 0 Å². The fourth-order valence-electron chi connectivity index (χ4n) is 1.61. The van der Waals surface area contributed by atoms with Gasteiger partial charge in [0.15, 0.2) is 0 Å². The monoisotopic (exact) mass is 249 g/mol. The van der Waals surface area contributed by atoms with E-state index >= 15 is 0 Å². The third-order valence-electron chi connectivity index (χ3n) is 2.62. The molecule has 0 aliphatic carbocycles. The standard InChI is InChI=1S/C14H19NO3/c1-10(2)5-4-8-15-13(16)11-6-3-7-12(9-11)14(17)18/h3,6-7,9-10H,4-5,8H2,1-2H3,(H,15,16)(H,17,18). The van der Waals surface area contributed by atoms with Crippen molar-refractivity contribution < 1.29 is 14.7 Å². The van der Waals surface area contributed by atoms with E-state index in [1.165, 1.54) is 12.1 Å². The van der Waals surface area contributed by atoms with Gasteiger partial charge >= 0.3 is 5.97 Å². The maximum atomic E-state index is 11.8. The van der Waals surface area contributed by atoms with Crippen molar-refractivity contribution in [1.82, 2.24) is 5.32 Å². The molecule has 1 aromatic carbocycles. The summed E-state index contributed by atoms with van der Waals surface area (Å²) in [5, 5.41) is 11.6. The number of hydrogen-bond acceptors (Lipinski definition) is 2. The van der Waals surface area contributed by atoms with E-state index in [-0.39, 0.29) is 11.5 Å². The first-order valence-corrected chi connectivity index (χ1v) is 6.12. The zero-order valence-electron chi connectivity index (χ0n) is 10.8. The topological polar surface area (TPSA) is 66.4 Å². The van der Waals surface area contributed by atoms with Crippen molar-refractivity contribution in [3.8, 4) is 0 Å². The van der Waals surface area contributed by atoms with Gasteiger partial charge in [-0.2, -0.15) is 0 Å². The summed E-state index contributed by atoms with van der Waals surface area (Å²) in [6.07, 6.45) is 2.00. The molecule has 1 rings (SSSR count). The van der Waals surface area contributed by atoms with Gasteiger partial charge in [0, 0.05) is 12.1 Å². The molecule has 1 aromatic rings. The Morgan fingerprint density at radius 3 is 2.56 bits per heavy atom. The van der Waals surface area contributed by atoms with Crippen molar-refractivity contribution >= 4 is 11.9 Å². The predicted molar refractivity (Wildman–Crippen MR) is 69.8 cm³/mol. The fourth-order valence-corrected chi connectivity index (χ4v) is 1.61. The lowest BCUT2D eigenvalue weighted by Gasteiger charge is -2.07. The number of nitrogens with one attached hydrogen (secondary N) is 1. The molecular weight excluding hydrogens is 230 g/mol. The summed E-state index contributed by atoms with van der Waals surface area (Å²) in [5.41, 5.74) is 0.518. The molecule has 4 heteroatoms. The average molecular weight is 249 g/mol. The van der Waals surface area contributed by atoms with Crippen LogP contribution >= 0.6 is 0 Å². The lowest BCUT2D eigenvalue weighted by Crippen LogP contribution is -2.24. The lowest BCUT2D eigenvalue weighted by atomic mass is 10.1. The van der Waals surface area contributed by atoms with Crippen LogP contribution in [-0.4, -0.2) is 23.5 Å². The van der Waals surface area contributed by atoms with Gasteiger partial charge < -0.3 is 10.4 Å². The molecule has 2 N–H and O–H groups in total. The molecule has 0 fully saturated rings. The molecule has 0 bridgehead atoms. The number of benzene rings is 1. The molecule has 0 aromatic heterocycles. The largest absolute Gasteiger partial charge is 0.478 e. The van der Waals surface area contributed by atoms with Gasteiger partial charge in [-0.05, 0) is 37.0 Å². The second-order valence-electron chi connectivity index (χ2n) is 4.68. The number of hydrogen-bond donors (Lipinski definition) is 2. The maximum absolute atomic E-state index is 11.8. The number of carboxylic acid groups (broad SMARTS) is 1. The van der Waals surface area contributed by atoms with E-state index in [0.717, 1.165) is 12.8 Å². The number of carbonyl (C=O) groups is 2. The molecule has 0 atom stereocenters. The van der Waals surface area contributed by atoms with Crippen molar-refractivity contribution in [3.63, 3.8) is 0 Å². The Balaban J connectivity index is 2.51. The minimum Gasteiger partial charge on any atom is -0.478 e. The molecule has 0 unspecified atom stereocenters. The van der Waals surface area contributed by atoms with Gasteiger partial charge in [0.25, 0.3) is 5.91 Å². The summed E-state index contributed by atoms with van der Waals surface area (Å²) < 4.78 is 0. The summed E-state index contributed by atoms with van der Waals surface area (Å²) in [5.74, 6) is -0.622.